The van der Waals surface area contributed by atoms with Crippen LogP contribution in [0.1, 0.15) is 0 Å². The van der Waals surface area contributed by atoms with E-state index in [4.69, 9.17) is 12.2 Å². The standard InChI is InChI=1S/C10H8FN3OS/c11-7-3-1-2-4-8(7)12-10(16)13-9-5-6-15-14-9/h1-6H,(H2,12,13,14,16). The fourth-order valence-electron chi connectivity index (χ4n) is 1.11. The third-order valence-electron chi connectivity index (χ3n) is 1.80. The SMILES string of the molecule is Fc1ccccc1NC(=S)Nc1ccon1. The van der Waals surface area contributed by atoms with Crippen molar-refractivity contribution < 1.29 is 8.91 Å². The van der Waals surface area contributed by atoms with Gasteiger partial charge in [0.05, 0.1) is 5.69 Å². The van der Waals surface area contributed by atoms with Crippen LogP contribution in [0, 0.1) is 5.82 Å². The first-order valence-electron chi connectivity index (χ1n) is 4.48. The number of hydrogen-bond acceptors (Lipinski definition) is 3. The molecule has 82 valence electrons. The van der Waals surface area contributed by atoms with Crippen molar-refractivity contribution in [3.05, 3.63) is 42.4 Å². The molecule has 1 aromatic heterocycles. The average molecular weight is 237 g/mol. The third-order valence-corrected chi connectivity index (χ3v) is 2.01. The van der Waals surface area contributed by atoms with Gasteiger partial charge >= 0.3 is 0 Å². The minimum atomic E-state index is -0.369. The highest BCUT2D eigenvalue weighted by molar-refractivity contribution is 7.80. The summed E-state index contributed by atoms with van der Waals surface area (Å²) < 4.78 is 17.9. The summed E-state index contributed by atoms with van der Waals surface area (Å²) in [5.41, 5.74) is 0.309. The maximum absolute atomic E-state index is 13.2. The lowest BCUT2D eigenvalue weighted by Gasteiger charge is -2.08. The highest BCUT2D eigenvalue weighted by Crippen LogP contribution is 2.12. The summed E-state index contributed by atoms with van der Waals surface area (Å²) in [5, 5.41) is 9.32. The first-order chi connectivity index (χ1) is 7.75. The van der Waals surface area contributed by atoms with Crippen LogP contribution in [0.15, 0.2) is 41.1 Å². The summed E-state index contributed by atoms with van der Waals surface area (Å²) in [6.07, 6.45) is 1.41. The van der Waals surface area contributed by atoms with E-state index >= 15 is 0 Å². The minimum Gasteiger partial charge on any atom is -0.363 e. The molecule has 6 heteroatoms. The van der Waals surface area contributed by atoms with Crippen molar-refractivity contribution in [1.29, 1.82) is 0 Å². The molecule has 0 spiro atoms. The van der Waals surface area contributed by atoms with Crippen LogP contribution in [0.5, 0.6) is 0 Å². The van der Waals surface area contributed by atoms with Crippen LogP contribution in [-0.4, -0.2) is 10.3 Å². The number of nitrogens with zero attached hydrogens (tertiary/aromatic N) is 1. The third kappa shape index (κ3) is 2.54. The van der Waals surface area contributed by atoms with Crippen LogP contribution in [0.2, 0.25) is 0 Å². The maximum Gasteiger partial charge on any atom is 0.176 e. The summed E-state index contributed by atoms with van der Waals surface area (Å²) in [5.74, 6) is 0.0978. The molecule has 2 rings (SSSR count). The Bertz CT molecular complexity index is 487. The molecule has 16 heavy (non-hydrogen) atoms. The quantitative estimate of drug-likeness (QED) is 0.786. The van der Waals surface area contributed by atoms with Gasteiger partial charge in [-0.3, -0.25) is 0 Å². The summed E-state index contributed by atoms with van der Waals surface area (Å²) in [4.78, 5) is 0. The Morgan fingerprint density at radius 2 is 2.06 bits per heavy atom. The van der Waals surface area contributed by atoms with Gasteiger partial charge in [-0.2, -0.15) is 0 Å². The van der Waals surface area contributed by atoms with Crippen molar-refractivity contribution in [2.24, 2.45) is 0 Å². The number of para-hydroxylation sites is 1. The van der Waals surface area contributed by atoms with Crippen LogP contribution < -0.4 is 10.6 Å². The van der Waals surface area contributed by atoms with E-state index in [2.05, 4.69) is 20.3 Å². The monoisotopic (exact) mass is 237 g/mol. The summed E-state index contributed by atoms with van der Waals surface area (Å²) >= 11 is 4.97. The van der Waals surface area contributed by atoms with E-state index in [1.54, 1.807) is 24.3 Å². The zero-order valence-electron chi connectivity index (χ0n) is 8.11. The summed E-state index contributed by atoms with van der Waals surface area (Å²) in [6, 6.07) is 7.86. The second-order valence-electron chi connectivity index (χ2n) is 2.94. The van der Waals surface area contributed by atoms with Crippen LogP contribution in [0.3, 0.4) is 0 Å². The molecule has 0 radical (unpaired) electrons. The molecule has 0 aliphatic carbocycles. The molecule has 0 atom stereocenters. The van der Waals surface area contributed by atoms with Crippen molar-refractivity contribution in [3.63, 3.8) is 0 Å². The van der Waals surface area contributed by atoms with Crippen molar-refractivity contribution >= 4 is 28.8 Å². The van der Waals surface area contributed by atoms with E-state index in [1.807, 2.05) is 0 Å². The molecule has 4 nitrogen and oxygen atoms in total. The Morgan fingerprint density at radius 1 is 1.25 bits per heavy atom. The molecule has 0 saturated heterocycles. The smallest absolute Gasteiger partial charge is 0.176 e. The lowest BCUT2D eigenvalue weighted by Crippen LogP contribution is -2.19. The zero-order valence-corrected chi connectivity index (χ0v) is 8.92. The summed E-state index contributed by atoms with van der Waals surface area (Å²) in [7, 11) is 0. The largest absolute Gasteiger partial charge is 0.363 e. The Morgan fingerprint density at radius 3 is 2.75 bits per heavy atom. The molecule has 0 saturated carbocycles. The fraction of sp³-hybridized carbons (Fsp3) is 0. The average Bonchev–Trinajstić information content (AvgIpc) is 2.74. The number of aromatic nitrogens is 1. The molecule has 2 aromatic rings. The molecule has 0 fully saturated rings. The molecule has 0 aliphatic rings. The normalized spacial score (nSPS) is 9.81. The highest BCUT2D eigenvalue weighted by Gasteiger charge is 2.04. The number of hydrogen-bond donors (Lipinski definition) is 2. The van der Waals surface area contributed by atoms with Crippen molar-refractivity contribution in [1.82, 2.24) is 5.16 Å². The molecule has 0 bridgehead atoms. The zero-order chi connectivity index (χ0) is 11.4. The van der Waals surface area contributed by atoms with E-state index in [0.29, 0.717) is 11.5 Å². The van der Waals surface area contributed by atoms with Gasteiger partial charge in [-0.05, 0) is 24.4 Å². The number of rotatable bonds is 2. The predicted octanol–water partition coefficient (Wildman–Crippen LogP) is 2.62. The Hall–Kier alpha value is -1.95. The van der Waals surface area contributed by atoms with Gasteiger partial charge in [0.2, 0.25) is 0 Å². The number of nitrogens with one attached hydrogen (secondary N) is 2. The molecule has 1 heterocycles. The molecule has 2 N–H and O–H groups in total. The maximum atomic E-state index is 13.2. The minimum absolute atomic E-state index is 0.249. The first-order valence-corrected chi connectivity index (χ1v) is 4.89. The topological polar surface area (TPSA) is 50.1 Å². The Labute approximate surface area is 96.4 Å². The second-order valence-corrected chi connectivity index (χ2v) is 3.35. The van der Waals surface area contributed by atoms with Crippen LogP contribution in [0.25, 0.3) is 0 Å². The molecular formula is C10H8FN3OS. The van der Waals surface area contributed by atoms with E-state index in [-0.39, 0.29) is 10.9 Å². The number of thiocarbonyl (C=S) groups is 1. The van der Waals surface area contributed by atoms with Gasteiger partial charge in [-0.25, -0.2) is 4.39 Å². The van der Waals surface area contributed by atoms with Gasteiger partial charge in [-0.1, -0.05) is 17.3 Å². The lowest BCUT2D eigenvalue weighted by molar-refractivity contribution is 0.423. The number of halogens is 1. The molecule has 0 amide bonds. The van der Waals surface area contributed by atoms with E-state index in [0.717, 1.165) is 0 Å². The second kappa shape index (κ2) is 4.71. The number of benzene rings is 1. The predicted molar refractivity (Wildman–Crippen MR) is 62.7 cm³/mol. The van der Waals surface area contributed by atoms with Gasteiger partial charge in [-0.15, -0.1) is 0 Å². The van der Waals surface area contributed by atoms with Crippen LogP contribution in [0.4, 0.5) is 15.9 Å². The van der Waals surface area contributed by atoms with Gasteiger partial charge in [0.25, 0.3) is 0 Å². The van der Waals surface area contributed by atoms with E-state index in [9.17, 15) is 4.39 Å². The highest BCUT2D eigenvalue weighted by atomic mass is 32.1. The van der Waals surface area contributed by atoms with Crippen molar-refractivity contribution in [2.45, 2.75) is 0 Å². The summed E-state index contributed by atoms with van der Waals surface area (Å²) in [6.45, 7) is 0. The van der Waals surface area contributed by atoms with Gasteiger partial charge in [0, 0.05) is 6.07 Å². The molecule has 0 unspecified atom stereocenters. The van der Waals surface area contributed by atoms with Crippen molar-refractivity contribution in [3.8, 4) is 0 Å². The fourth-order valence-corrected chi connectivity index (χ4v) is 1.32. The lowest BCUT2D eigenvalue weighted by atomic mass is 10.3. The molecule has 1 aromatic carbocycles. The molecule has 0 aliphatic heterocycles. The molecular weight excluding hydrogens is 229 g/mol. The van der Waals surface area contributed by atoms with Gasteiger partial charge < -0.3 is 15.2 Å². The van der Waals surface area contributed by atoms with E-state index < -0.39 is 0 Å². The van der Waals surface area contributed by atoms with Gasteiger partial charge in [0.15, 0.2) is 10.9 Å². The van der Waals surface area contributed by atoms with Gasteiger partial charge in [0.1, 0.15) is 12.1 Å². The number of anilines is 2. The first kappa shape index (κ1) is 10.6. The van der Waals surface area contributed by atoms with Crippen LogP contribution in [-0.2, 0) is 0 Å². The van der Waals surface area contributed by atoms with Crippen molar-refractivity contribution in [2.75, 3.05) is 10.6 Å². The van der Waals surface area contributed by atoms with E-state index in [1.165, 1.54) is 12.3 Å². The Kier molecular flexibility index (Phi) is 3.11. The Balaban J connectivity index is 2.00. The van der Waals surface area contributed by atoms with Crippen LogP contribution >= 0.6 is 12.2 Å².